The lowest BCUT2D eigenvalue weighted by Crippen LogP contribution is -2.09. The zero-order chi connectivity index (χ0) is 11.7. The number of carboxylic acid groups (broad SMARTS) is 1. The van der Waals surface area contributed by atoms with Crippen LogP contribution in [0.4, 0.5) is 5.69 Å². The quantitative estimate of drug-likeness (QED) is 0.818. The van der Waals surface area contributed by atoms with Crippen LogP contribution in [0.2, 0.25) is 0 Å². The molecule has 2 unspecified atom stereocenters. The first kappa shape index (κ1) is 11.0. The van der Waals surface area contributed by atoms with Crippen molar-refractivity contribution in [1.29, 1.82) is 0 Å². The maximum atomic E-state index is 11.0. The number of nitrogens with one attached hydrogen (secondary N) is 1. The summed E-state index contributed by atoms with van der Waals surface area (Å²) in [6.07, 6.45) is 1.25. The van der Waals surface area contributed by atoms with Crippen molar-refractivity contribution in [1.82, 2.24) is 0 Å². The third-order valence-corrected chi connectivity index (χ3v) is 3.24. The highest BCUT2D eigenvalue weighted by atomic mass is 16.4. The normalized spacial score (nSPS) is 22.9. The van der Waals surface area contributed by atoms with E-state index in [1.165, 1.54) is 6.42 Å². The average Bonchev–Trinajstić information content (AvgIpc) is 2.91. The van der Waals surface area contributed by atoms with Gasteiger partial charge in [0.15, 0.2) is 0 Å². The van der Waals surface area contributed by atoms with Gasteiger partial charge in [-0.25, -0.2) is 4.79 Å². The molecular formula is C13H17NO2. The topological polar surface area (TPSA) is 49.3 Å². The number of carboxylic acids is 1. The number of benzene rings is 1. The van der Waals surface area contributed by atoms with Crippen LogP contribution in [0.25, 0.3) is 0 Å². The Kier molecular flexibility index (Phi) is 2.86. The van der Waals surface area contributed by atoms with E-state index in [1.807, 2.05) is 19.1 Å². The molecule has 0 amide bonds. The van der Waals surface area contributed by atoms with Crippen LogP contribution in [0.5, 0.6) is 0 Å². The van der Waals surface area contributed by atoms with E-state index in [-0.39, 0.29) is 0 Å². The third kappa shape index (κ3) is 2.35. The van der Waals surface area contributed by atoms with Gasteiger partial charge in [0, 0.05) is 12.2 Å². The second kappa shape index (κ2) is 4.16. The summed E-state index contributed by atoms with van der Waals surface area (Å²) in [4.78, 5) is 11.0. The summed E-state index contributed by atoms with van der Waals surface area (Å²) in [7, 11) is 0. The Labute approximate surface area is 95.5 Å². The summed E-state index contributed by atoms with van der Waals surface area (Å²) >= 11 is 0. The minimum Gasteiger partial charge on any atom is -0.478 e. The first-order valence-electron chi connectivity index (χ1n) is 5.65. The summed E-state index contributed by atoms with van der Waals surface area (Å²) in [5, 5.41) is 12.3. The summed E-state index contributed by atoms with van der Waals surface area (Å²) in [6, 6.07) is 5.39. The van der Waals surface area contributed by atoms with Crippen LogP contribution in [0.15, 0.2) is 18.2 Å². The maximum Gasteiger partial charge on any atom is 0.337 e. The van der Waals surface area contributed by atoms with E-state index in [4.69, 9.17) is 5.11 Å². The van der Waals surface area contributed by atoms with Gasteiger partial charge in [0.2, 0.25) is 0 Å². The number of anilines is 1. The first-order valence-corrected chi connectivity index (χ1v) is 5.65. The molecule has 16 heavy (non-hydrogen) atoms. The molecule has 1 fully saturated rings. The minimum absolute atomic E-state index is 0.360. The highest BCUT2D eigenvalue weighted by molar-refractivity contribution is 5.94. The zero-order valence-electron chi connectivity index (χ0n) is 9.66. The number of carbonyl (C=O) groups is 1. The highest BCUT2D eigenvalue weighted by Gasteiger charge is 2.32. The van der Waals surface area contributed by atoms with Gasteiger partial charge in [0.05, 0.1) is 5.56 Å². The summed E-state index contributed by atoms with van der Waals surface area (Å²) < 4.78 is 0. The molecule has 0 aliphatic heterocycles. The number of rotatable bonds is 4. The van der Waals surface area contributed by atoms with Crippen molar-refractivity contribution in [3.63, 3.8) is 0 Å². The Bertz CT molecular complexity index is 414. The molecule has 1 saturated carbocycles. The molecule has 0 bridgehead atoms. The van der Waals surface area contributed by atoms with Crippen molar-refractivity contribution in [3.05, 3.63) is 29.3 Å². The van der Waals surface area contributed by atoms with Gasteiger partial charge in [-0.05, 0) is 42.9 Å². The Morgan fingerprint density at radius 1 is 1.56 bits per heavy atom. The van der Waals surface area contributed by atoms with Crippen molar-refractivity contribution >= 4 is 11.7 Å². The van der Waals surface area contributed by atoms with E-state index in [0.29, 0.717) is 11.5 Å². The fourth-order valence-electron chi connectivity index (χ4n) is 1.92. The molecule has 0 heterocycles. The fraction of sp³-hybridized carbons (Fsp3) is 0.462. The Morgan fingerprint density at radius 2 is 2.25 bits per heavy atom. The molecule has 2 N–H and O–H groups in total. The van der Waals surface area contributed by atoms with E-state index in [9.17, 15) is 4.79 Å². The van der Waals surface area contributed by atoms with Crippen molar-refractivity contribution in [2.24, 2.45) is 11.8 Å². The van der Waals surface area contributed by atoms with E-state index in [1.54, 1.807) is 6.07 Å². The molecular weight excluding hydrogens is 202 g/mol. The van der Waals surface area contributed by atoms with Gasteiger partial charge in [-0.15, -0.1) is 0 Å². The number of aryl methyl sites for hydroxylation is 1. The lowest BCUT2D eigenvalue weighted by molar-refractivity contribution is 0.0698. The van der Waals surface area contributed by atoms with Crippen LogP contribution < -0.4 is 5.32 Å². The monoisotopic (exact) mass is 219 g/mol. The van der Waals surface area contributed by atoms with E-state index >= 15 is 0 Å². The molecule has 1 aromatic carbocycles. The van der Waals surface area contributed by atoms with Crippen LogP contribution in [0.3, 0.4) is 0 Å². The predicted octanol–water partition coefficient (Wildman–Crippen LogP) is 2.76. The van der Waals surface area contributed by atoms with Crippen LogP contribution in [0.1, 0.15) is 29.3 Å². The van der Waals surface area contributed by atoms with Gasteiger partial charge < -0.3 is 10.4 Å². The molecule has 86 valence electrons. The summed E-state index contributed by atoms with van der Waals surface area (Å²) in [5.41, 5.74) is 2.18. The number of hydrogen-bond acceptors (Lipinski definition) is 2. The second-order valence-electron chi connectivity index (χ2n) is 4.71. The average molecular weight is 219 g/mol. The Morgan fingerprint density at radius 3 is 2.81 bits per heavy atom. The molecule has 1 aliphatic carbocycles. The molecule has 2 rings (SSSR count). The zero-order valence-corrected chi connectivity index (χ0v) is 9.66. The van der Waals surface area contributed by atoms with Crippen LogP contribution >= 0.6 is 0 Å². The smallest absolute Gasteiger partial charge is 0.337 e. The summed E-state index contributed by atoms with van der Waals surface area (Å²) in [6.45, 7) is 5.07. The lowest BCUT2D eigenvalue weighted by atomic mass is 10.1. The van der Waals surface area contributed by atoms with Gasteiger partial charge in [-0.3, -0.25) is 0 Å². The molecule has 0 radical (unpaired) electrons. The second-order valence-corrected chi connectivity index (χ2v) is 4.71. The molecule has 1 aromatic rings. The van der Waals surface area contributed by atoms with Crippen molar-refractivity contribution in [3.8, 4) is 0 Å². The van der Waals surface area contributed by atoms with E-state index in [2.05, 4.69) is 12.2 Å². The Balaban J connectivity index is 2.10. The third-order valence-electron chi connectivity index (χ3n) is 3.24. The fourth-order valence-corrected chi connectivity index (χ4v) is 1.92. The molecule has 2 atom stereocenters. The van der Waals surface area contributed by atoms with Crippen LogP contribution in [0, 0.1) is 18.8 Å². The van der Waals surface area contributed by atoms with E-state index < -0.39 is 5.97 Å². The van der Waals surface area contributed by atoms with Gasteiger partial charge >= 0.3 is 5.97 Å². The molecule has 0 saturated heterocycles. The van der Waals surface area contributed by atoms with Gasteiger partial charge in [0.25, 0.3) is 0 Å². The van der Waals surface area contributed by atoms with E-state index in [0.717, 1.165) is 23.7 Å². The SMILES string of the molecule is Cc1ccc(C(=O)O)c(NCC2CC2C)c1. The Hall–Kier alpha value is -1.51. The van der Waals surface area contributed by atoms with Crippen molar-refractivity contribution in [2.45, 2.75) is 20.3 Å². The van der Waals surface area contributed by atoms with Crippen molar-refractivity contribution in [2.75, 3.05) is 11.9 Å². The molecule has 3 heteroatoms. The predicted molar refractivity (Wildman–Crippen MR) is 63.9 cm³/mol. The first-order chi connectivity index (χ1) is 7.58. The van der Waals surface area contributed by atoms with Crippen molar-refractivity contribution < 1.29 is 9.90 Å². The van der Waals surface area contributed by atoms with Crippen LogP contribution in [-0.2, 0) is 0 Å². The maximum absolute atomic E-state index is 11.0. The van der Waals surface area contributed by atoms with Gasteiger partial charge in [-0.1, -0.05) is 13.0 Å². The molecule has 1 aliphatic rings. The van der Waals surface area contributed by atoms with Gasteiger partial charge in [-0.2, -0.15) is 0 Å². The molecule has 3 nitrogen and oxygen atoms in total. The number of aromatic carboxylic acids is 1. The van der Waals surface area contributed by atoms with Crippen LogP contribution in [-0.4, -0.2) is 17.6 Å². The molecule has 0 spiro atoms. The number of hydrogen-bond donors (Lipinski definition) is 2. The molecule has 0 aromatic heterocycles. The lowest BCUT2D eigenvalue weighted by Gasteiger charge is -2.10. The summed E-state index contributed by atoms with van der Waals surface area (Å²) in [5.74, 6) is 0.624. The standard InChI is InChI=1S/C13H17NO2/c1-8-3-4-11(13(15)16)12(5-8)14-7-10-6-9(10)2/h3-5,9-10,14H,6-7H2,1-2H3,(H,15,16). The minimum atomic E-state index is -0.869. The van der Waals surface area contributed by atoms with Gasteiger partial charge in [0.1, 0.15) is 0 Å². The largest absolute Gasteiger partial charge is 0.478 e. The highest BCUT2D eigenvalue weighted by Crippen LogP contribution is 2.37.